The standard InChI is InChI=1S/C14H18N2O3S/c1-3-16(10-13-5-4-8-19-13)20(17,18)14-9-12(15)7-6-11(14)2/h4-9H,3,10,15H2,1-2H3. The fourth-order valence-electron chi connectivity index (χ4n) is 1.98. The first-order valence-corrected chi connectivity index (χ1v) is 7.78. The summed E-state index contributed by atoms with van der Waals surface area (Å²) in [4.78, 5) is 0.242. The zero-order valence-corrected chi connectivity index (χ0v) is 12.4. The summed E-state index contributed by atoms with van der Waals surface area (Å²) in [6, 6.07) is 8.39. The van der Waals surface area contributed by atoms with Crippen LogP contribution in [0.5, 0.6) is 0 Å². The van der Waals surface area contributed by atoms with Gasteiger partial charge in [-0.15, -0.1) is 0 Å². The first kappa shape index (κ1) is 14.6. The minimum absolute atomic E-state index is 0.208. The number of aryl methyl sites for hydroxylation is 1. The molecule has 0 atom stereocenters. The van der Waals surface area contributed by atoms with Gasteiger partial charge in [-0.05, 0) is 36.8 Å². The Morgan fingerprint density at radius 1 is 1.30 bits per heavy atom. The molecule has 0 aliphatic carbocycles. The molecule has 0 aliphatic rings. The fourth-order valence-corrected chi connectivity index (χ4v) is 3.65. The summed E-state index contributed by atoms with van der Waals surface area (Å²) in [5, 5.41) is 0. The van der Waals surface area contributed by atoms with Crippen LogP contribution in [0, 0.1) is 6.92 Å². The lowest BCUT2D eigenvalue weighted by molar-refractivity contribution is 0.375. The van der Waals surface area contributed by atoms with Gasteiger partial charge in [0, 0.05) is 12.2 Å². The second-order valence-corrected chi connectivity index (χ2v) is 6.44. The molecular formula is C14H18N2O3S. The van der Waals surface area contributed by atoms with Gasteiger partial charge in [-0.25, -0.2) is 8.42 Å². The van der Waals surface area contributed by atoms with E-state index in [0.717, 1.165) is 0 Å². The van der Waals surface area contributed by atoms with Crippen LogP contribution >= 0.6 is 0 Å². The molecule has 1 aromatic carbocycles. The average Bonchev–Trinajstić information content (AvgIpc) is 2.91. The van der Waals surface area contributed by atoms with Crippen LogP contribution in [-0.4, -0.2) is 19.3 Å². The second kappa shape index (κ2) is 5.68. The van der Waals surface area contributed by atoms with Gasteiger partial charge in [0.25, 0.3) is 0 Å². The van der Waals surface area contributed by atoms with Crippen molar-refractivity contribution in [3.8, 4) is 0 Å². The van der Waals surface area contributed by atoms with Crippen LogP contribution in [0.2, 0.25) is 0 Å². The first-order chi connectivity index (χ1) is 9.45. The molecule has 0 saturated heterocycles. The Morgan fingerprint density at radius 3 is 2.65 bits per heavy atom. The summed E-state index contributed by atoms with van der Waals surface area (Å²) in [6.45, 7) is 4.12. The van der Waals surface area contributed by atoms with E-state index in [9.17, 15) is 8.42 Å². The number of nitrogens with zero attached hydrogens (tertiary/aromatic N) is 1. The van der Waals surface area contributed by atoms with Gasteiger partial charge in [0.2, 0.25) is 10.0 Å². The Morgan fingerprint density at radius 2 is 2.05 bits per heavy atom. The monoisotopic (exact) mass is 294 g/mol. The Hall–Kier alpha value is -1.79. The average molecular weight is 294 g/mol. The molecule has 0 radical (unpaired) electrons. The molecule has 1 aromatic heterocycles. The zero-order chi connectivity index (χ0) is 14.8. The highest BCUT2D eigenvalue weighted by Gasteiger charge is 2.25. The van der Waals surface area contributed by atoms with Gasteiger partial charge >= 0.3 is 0 Å². The van der Waals surface area contributed by atoms with E-state index in [-0.39, 0.29) is 11.4 Å². The van der Waals surface area contributed by atoms with Crippen molar-refractivity contribution in [3.05, 3.63) is 47.9 Å². The fraction of sp³-hybridized carbons (Fsp3) is 0.286. The Labute approximate surface area is 119 Å². The number of hydrogen-bond acceptors (Lipinski definition) is 4. The summed E-state index contributed by atoms with van der Waals surface area (Å²) in [5.41, 5.74) is 6.81. The van der Waals surface area contributed by atoms with E-state index in [1.54, 1.807) is 38.1 Å². The van der Waals surface area contributed by atoms with Gasteiger partial charge in [0.05, 0.1) is 17.7 Å². The summed E-state index contributed by atoms with van der Waals surface area (Å²) in [6.07, 6.45) is 1.53. The predicted octanol–water partition coefficient (Wildman–Crippen LogP) is 2.38. The maximum absolute atomic E-state index is 12.7. The van der Waals surface area contributed by atoms with Crippen molar-refractivity contribution in [2.75, 3.05) is 12.3 Å². The van der Waals surface area contributed by atoms with Crippen LogP contribution in [-0.2, 0) is 16.6 Å². The molecule has 5 nitrogen and oxygen atoms in total. The normalized spacial score (nSPS) is 11.9. The van der Waals surface area contributed by atoms with Crippen LogP contribution in [0.3, 0.4) is 0 Å². The molecule has 0 fully saturated rings. The maximum Gasteiger partial charge on any atom is 0.243 e. The molecule has 20 heavy (non-hydrogen) atoms. The highest BCUT2D eigenvalue weighted by Crippen LogP contribution is 2.23. The van der Waals surface area contributed by atoms with Crippen LogP contribution < -0.4 is 5.73 Å². The smallest absolute Gasteiger partial charge is 0.243 e. The molecule has 6 heteroatoms. The summed E-state index contributed by atoms with van der Waals surface area (Å²) < 4.78 is 32.0. The van der Waals surface area contributed by atoms with Gasteiger partial charge in [-0.3, -0.25) is 0 Å². The third-order valence-electron chi connectivity index (χ3n) is 3.10. The van der Waals surface area contributed by atoms with E-state index in [1.807, 2.05) is 0 Å². The number of hydrogen-bond donors (Lipinski definition) is 1. The van der Waals surface area contributed by atoms with Crippen molar-refractivity contribution >= 4 is 15.7 Å². The van der Waals surface area contributed by atoms with E-state index >= 15 is 0 Å². The van der Waals surface area contributed by atoms with Gasteiger partial charge in [-0.1, -0.05) is 13.0 Å². The van der Waals surface area contributed by atoms with Gasteiger partial charge in [-0.2, -0.15) is 4.31 Å². The summed E-state index contributed by atoms with van der Waals surface area (Å²) in [5.74, 6) is 0.608. The van der Waals surface area contributed by atoms with Crippen molar-refractivity contribution < 1.29 is 12.8 Å². The van der Waals surface area contributed by atoms with Crippen LogP contribution in [0.1, 0.15) is 18.2 Å². The lowest BCUT2D eigenvalue weighted by Gasteiger charge is -2.20. The van der Waals surface area contributed by atoms with Gasteiger partial charge in [0.15, 0.2) is 0 Å². The Kier molecular flexibility index (Phi) is 4.15. The van der Waals surface area contributed by atoms with Crippen molar-refractivity contribution in [3.63, 3.8) is 0 Å². The van der Waals surface area contributed by atoms with Crippen molar-refractivity contribution in [2.24, 2.45) is 0 Å². The van der Waals surface area contributed by atoms with Crippen molar-refractivity contribution in [2.45, 2.75) is 25.3 Å². The molecule has 0 unspecified atom stereocenters. The minimum Gasteiger partial charge on any atom is -0.468 e. The minimum atomic E-state index is -3.59. The summed E-state index contributed by atoms with van der Waals surface area (Å²) in [7, 11) is -3.59. The molecule has 2 N–H and O–H groups in total. The highest BCUT2D eigenvalue weighted by molar-refractivity contribution is 7.89. The third-order valence-corrected chi connectivity index (χ3v) is 5.16. The van der Waals surface area contributed by atoms with Crippen LogP contribution in [0.4, 0.5) is 5.69 Å². The van der Waals surface area contributed by atoms with E-state index in [1.165, 1.54) is 16.6 Å². The first-order valence-electron chi connectivity index (χ1n) is 6.34. The third kappa shape index (κ3) is 2.86. The SMILES string of the molecule is CCN(Cc1ccco1)S(=O)(=O)c1cc(N)ccc1C. The molecule has 0 saturated carbocycles. The van der Waals surface area contributed by atoms with E-state index in [4.69, 9.17) is 10.2 Å². The number of sulfonamides is 1. The maximum atomic E-state index is 12.7. The number of furan rings is 1. The Balaban J connectivity index is 2.38. The highest BCUT2D eigenvalue weighted by atomic mass is 32.2. The van der Waals surface area contributed by atoms with E-state index in [0.29, 0.717) is 23.6 Å². The molecule has 0 bridgehead atoms. The van der Waals surface area contributed by atoms with E-state index < -0.39 is 10.0 Å². The molecule has 0 aliphatic heterocycles. The quantitative estimate of drug-likeness (QED) is 0.859. The topological polar surface area (TPSA) is 76.5 Å². The van der Waals surface area contributed by atoms with Crippen molar-refractivity contribution in [1.82, 2.24) is 4.31 Å². The molecule has 0 amide bonds. The number of benzene rings is 1. The predicted molar refractivity (Wildman–Crippen MR) is 77.6 cm³/mol. The molecule has 0 spiro atoms. The molecule has 2 aromatic rings. The zero-order valence-electron chi connectivity index (χ0n) is 11.5. The lowest BCUT2D eigenvalue weighted by Crippen LogP contribution is -2.30. The molecule has 1 heterocycles. The number of nitrogens with two attached hydrogens (primary N) is 1. The van der Waals surface area contributed by atoms with Crippen LogP contribution in [0.25, 0.3) is 0 Å². The Bertz CT molecular complexity index is 678. The van der Waals surface area contributed by atoms with Crippen LogP contribution in [0.15, 0.2) is 45.9 Å². The molecule has 2 rings (SSSR count). The second-order valence-electron chi connectivity index (χ2n) is 4.54. The molecule has 108 valence electrons. The largest absolute Gasteiger partial charge is 0.468 e. The van der Waals surface area contributed by atoms with Gasteiger partial charge in [0.1, 0.15) is 5.76 Å². The van der Waals surface area contributed by atoms with E-state index in [2.05, 4.69) is 0 Å². The number of anilines is 1. The number of rotatable bonds is 5. The number of nitrogen functional groups attached to an aromatic ring is 1. The van der Waals surface area contributed by atoms with Gasteiger partial charge < -0.3 is 10.2 Å². The molecular weight excluding hydrogens is 276 g/mol. The summed E-state index contributed by atoms with van der Waals surface area (Å²) >= 11 is 0. The van der Waals surface area contributed by atoms with Crippen molar-refractivity contribution in [1.29, 1.82) is 0 Å². The lowest BCUT2D eigenvalue weighted by atomic mass is 10.2.